The van der Waals surface area contributed by atoms with Crippen molar-refractivity contribution in [3.63, 3.8) is 0 Å². The maximum atomic E-state index is 16.0. The lowest BCUT2D eigenvalue weighted by molar-refractivity contribution is -0.370. The van der Waals surface area contributed by atoms with Gasteiger partial charge >= 0.3 is 35.8 Å². The molecular formula is C52H55NO18. The number of amides is 1. The van der Waals surface area contributed by atoms with E-state index in [1.54, 1.807) is 66.7 Å². The minimum atomic E-state index is -2.58. The second-order valence-electron chi connectivity index (χ2n) is 19.3. The molecule has 1 amide bonds. The summed E-state index contributed by atoms with van der Waals surface area (Å²) in [4.78, 5) is 112. The first-order valence-corrected chi connectivity index (χ1v) is 23.2. The number of ketones is 1. The lowest BCUT2D eigenvalue weighted by Crippen LogP contribution is -2.85. The lowest BCUT2D eigenvalue weighted by atomic mass is 9.44. The summed E-state index contributed by atoms with van der Waals surface area (Å²) in [6, 6.07) is 22.3. The number of cyclic esters (lactones) is 1. The van der Waals surface area contributed by atoms with Crippen molar-refractivity contribution in [2.75, 3.05) is 13.2 Å². The first-order chi connectivity index (χ1) is 33.6. The molecule has 19 nitrogen and oxygen atoms in total. The second kappa shape index (κ2) is 19.4. The van der Waals surface area contributed by atoms with Crippen molar-refractivity contribution < 1.29 is 86.8 Å². The third-order valence-corrected chi connectivity index (χ3v) is 14.8. The highest BCUT2D eigenvalue weighted by Crippen LogP contribution is 2.65. The monoisotopic (exact) mass is 981 g/mol. The Morgan fingerprint density at radius 3 is 2.01 bits per heavy atom. The van der Waals surface area contributed by atoms with Gasteiger partial charge in [0.2, 0.25) is 0 Å². The SMILES string of the molecule is CC(=O)O[C@H]1C(=O)[C@@]2(C)C([C@H](OC(=O)c3ccccc3)[C@]3(O)C[C@H](OC(=O)[C@H](O)[C@@H](NC(=O)c4ccccc4)c4ccccc4)C(C)=C1C3(C)C)[C@]13CO[C@@H]1[C@@H](OC(=O)COC(=O)CCCC(=O)O3)[C@H]2O. The predicted molar refractivity (Wildman–Crippen MR) is 242 cm³/mol. The Balaban J connectivity index is 1.31. The van der Waals surface area contributed by atoms with Crippen molar-refractivity contribution >= 4 is 47.5 Å². The highest BCUT2D eigenvalue weighted by Gasteiger charge is 2.81. The van der Waals surface area contributed by atoms with Gasteiger partial charge in [0.1, 0.15) is 30.0 Å². The van der Waals surface area contributed by atoms with E-state index in [0.717, 1.165) is 6.92 Å². The second-order valence-corrected chi connectivity index (χ2v) is 19.3. The summed E-state index contributed by atoms with van der Waals surface area (Å²) in [7, 11) is 0. The highest BCUT2D eigenvalue weighted by atomic mass is 16.7. The Labute approximate surface area is 407 Å². The first-order valence-electron chi connectivity index (χ1n) is 23.2. The van der Waals surface area contributed by atoms with Crippen LogP contribution in [-0.2, 0) is 61.9 Å². The number of nitrogens with one attached hydrogen (secondary N) is 1. The fourth-order valence-corrected chi connectivity index (χ4v) is 11.1. The number of hydrogen-bond acceptors (Lipinski definition) is 18. The molecule has 4 fully saturated rings. The molecule has 2 saturated carbocycles. The van der Waals surface area contributed by atoms with E-state index in [2.05, 4.69) is 5.32 Å². The van der Waals surface area contributed by atoms with Crippen molar-refractivity contribution in [2.45, 2.75) is 120 Å². The molecule has 0 radical (unpaired) electrons. The standard InChI is InChI=1S/C52H55NO18/c1-27-32(68-48(63)38(58)37(29-16-9-6-10-17-29)53-46(61)30-18-11-7-12-19-30)24-52(64)45(70-47(62)31-20-13-8-14-21-31)41-50(5,42(59)39(67-28(2)54)36(27)49(52,3)4)43(60)40-44-51(41,26-66-44)71-34(56)23-15-22-33(55)65-25-35(57)69-40/h6-14,16-21,32,37-41,43-45,58,60,64H,15,22-26H2,1-5H3,(H,53,61)/t32-,37-,38+,39+,40-,41?,43+,44+,45-,50+,51+,52+/m0/s1. The van der Waals surface area contributed by atoms with Crippen LogP contribution in [0.3, 0.4) is 0 Å². The Morgan fingerprint density at radius 1 is 0.803 bits per heavy atom. The Morgan fingerprint density at radius 2 is 1.41 bits per heavy atom. The molecule has 0 spiro atoms. The van der Waals surface area contributed by atoms with Gasteiger partial charge in [0.15, 0.2) is 36.3 Å². The zero-order chi connectivity index (χ0) is 51.2. The van der Waals surface area contributed by atoms with Crippen LogP contribution in [0.5, 0.6) is 0 Å². The maximum absolute atomic E-state index is 16.0. The van der Waals surface area contributed by atoms with Crippen LogP contribution in [-0.4, -0.2) is 130 Å². The molecule has 2 aliphatic heterocycles. The van der Waals surface area contributed by atoms with Crippen LogP contribution in [0.25, 0.3) is 0 Å². The molecule has 4 bridgehead atoms. The Kier molecular flexibility index (Phi) is 13.8. The van der Waals surface area contributed by atoms with E-state index in [0.29, 0.717) is 5.56 Å². The number of ether oxygens (including phenoxy) is 7. The van der Waals surface area contributed by atoms with E-state index in [4.69, 9.17) is 33.2 Å². The van der Waals surface area contributed by atoms with Crippen LogP contribution in [0.15, 0.2) is 102 Å². The summed E-state index contributed by atoms with van der Waals surface area (Å²) < 4.78 is 41.6. The van der Waals surface area contributed by atoms with E-state index in [-0.39, 0.29) is 35.1 Å². The smallest absolute Gasteiger partial charge is 0.344 e. The molecule has 2 saturated heterocycles. The van der Waals surface area contributed by atoms with Gasteiger partial charge in [-0.3, -0.25) is 24.0 Å². The summed E-state index contributed by atoms with van der Waals surface area (Å²) in [5, 5.41) is 41.3. The molecule has 3 aromatic carbocycles. The van der Waals surface area contributed by atoms with E-state index < -0.39 is 150 Å². The molecule has 1 unspecified atom stereocenters. The van der Waals surface area contributed by atoms with Crippen molar-refractivity contribution in [3.8, 4) is 0 Å². The number of carbonyl (C=O) groups excluding carboxylic acids is 8. The minimum Gasteiger partial charge on any atom is -0.456 e. The average Bonchev–Trinajstić information content (AvgIpc) is 3.34. The normalized spacial score (nSPS) is 32.2. The average molecular weight is 982 g/mol. The van der Waals surface area contributed by atoms with Gasteiger partial charge < -0.3 is 53.8 Å². The van der Waals surface area contributed by atoms with Gasteiger partial charge in [-0.25, -0.2) is 14.4 Å². The molecule has 3 aromatic rings. The molecular weight excluding hydrogens is 927 g/mol. The fraction of sp³-hybridized carbons (Fsp3) is 0.462. The topological polar surface area (TPSA) is 274 Å². The van der Waals surface area contributed by atoms with Gasteiger partial charge in [-0.05, 0) is 61.2 Å². The van der Waals surface area contributed by atoms with Crippen molar-refractivity contribution in [3.05, 3.63) is 119 Å². The summed E-state index contributed by atoms with van der Waals surface area (Å²) in [5.74, 6) is -9.90. The third-order valence-electron chi connectivity index (χ3n) is 14.8. The summed E-state index contributed by atoms with van der Waals surface area (Å²) in [6.45, 7) is 5.17. The van der Waals surface area contributed by atoms with Gasteiger partial charge in [-0.2, -0.15) is 0 Å². The van der Waals surface area contributed by atoms with Crippen molar-refractivity contribution in [2.24, 2.45) is 16.7 Å². The molecule has 2 heterocycles. The van der Waals surface area contributed by atoms with Gasteiger partial charge in [0.05, 0.1) is 29.5 Å². The largest absolute Gasteiger partial charge is 0.456 e. The molecule has 0 aromatic heterocycles. The maximum Gasteiger partial charge on any atom is 0.344 e. The number of fused-ring (bicyclic) bond motifs is 3. The zero-order valence-corrected chi connectivity index (χ0v) is 39.6. The van der Waals surface area contributed by atoms with E-state index in [1.807, 2.05) is 0 Å². The number of aliphatic hydroxyl groups is 3. The predicted octanol–water partition coefficient (Wildman–Crippen LogP) is 2.96. The molecule has 12 atom stereocenters. The molecule has 8 rings (SSSR count). The fourth-order valence-electron chi connectivity index (χ4n) is 11.1. The first kappa shape index (κ1) is 50.6. The number of esters is 6. The van der Waals surface area contributed by atoms with Gasteiger partial charge in [-0.1, -0.05) is 80.6 Å². The van der Waals surface area contributed by atoms with Crippen LogP contribution in [0.1, 0.15) is 92.6 Å². The van der Waals surface area contributed by atoms with Crippen molar-refractivity contribution in [1.82, 2.24) is 5.32 Å². The summed E-state index contributed by atoms with van der Waals surface area (Å²) >= 11 is 0. The quantitative estimate of drug-likeness (QED) is 0.136. The Bertz CT molecular complexity index is 2640. The van der Waals surface area contributed by atoms with Crippen LogP contribution >= 0.6 is 0 Å². The zero-order valence-electron chi connectivity index (χ0n) is 39.6. The summed E-state index contributed by atoms with van der Waals surface area (Å²) in [5.41, 5.74) is -8.67. The molecule has 3 aliphatic carbocycles. The summed E-state index contributed by atoms with van der Waals surface area (Å²) in [6.07, 6.45) is -15.0. The van der Waals surface area contributed by atoms with E-state index >= 15 is 4.79 Å². The molecule has 19 heteroatoms. The number of hydrogen-bond donors (Lipinski definition) is 4. The minimum absolute atomic E-state index is 0.0289. The van der Waals surface area contributed by atoms with Crippen LogP contribution < -0.4 is 5.32 Å². The number of carbonyl (C=O) groups is 8. The molecule has 376 valence electrons. The van der Waals surface area contributed by atoms with E-state index in [1.165, 1.54) is 52.0 Å². The number of Topliss-reactive ketones (excluding diaryl/α,β-unsaturated/α-hetero) is 1. The number of benzene rings is 3. The number of aliphatic hydroxyl groups excluding tert-OH is 2. The lowest BCUT2D eigenvalue weighted by Gasteiger charge is -2.68. The van der Waals surface area contributed by atoms with Gasteiger partial charge in [-0.15, -0.1) is 0 Å². The van der Waals surface area contributed by atoms with Gasteiger partial charge in [0, 0.05) is 37.2 Å². The third kappa shape index (κ3) is 8.89. The highest BCUT2D eigenvalue weighted by molar-refractivity contribution is 5.96. The van der Waals surface area contributed by atoms with Crippen LogP contribution in [0.2, 0.25) is 0 Å². The molecule has 71 heavy (non-hydrogen) atoms. The molecule has 5 aliphatic rings. The number of rotatable bonds is 9. The van der Waals surface area contributed by atoms with Crippen LogP contribution in [0.4, 0.5) is 0 Å². The van der Waals surface area contributed by atoms with Crippen molar-refractivity contribution in [1.29, 1.82) is 0 Å². The van der Waals surface area contributed by atoms with Gasteiger partial charge in [0.25, 0.3) is 5.91 Å². The van der Waals surface area contributed by atoms with E-state index in [9.17, 15) is 48.9 Å². The molecule has 4 N–H and O–H groups in total. The van der Waals surface area contributed by atoms with Crippen LogP contribution in [0, 0.1) is 16.7 Å². The Hall–Kier alpha value is -6.80.